The molecule has 0 N–H and O–H groups in total. The molecule has 6 rings (SSSR count). The van der Waals surface area contributed by atoms with E-state index < -0.39 is 0 Å². The molecule has 3 nitrogen and oxygen atoms in total. The molecule has 183 valence electrons. The molecule has 0 unspecified atom stereocenters. The summed E-state index contributed by atoms with van der Waals surface area (Å²) in [6.45, 7) is 0. The number of aromatic nitrogens is 3. The topological polar surface area (TPSA) is 38.7 Å². The smallest absolute Gasteiger partial charge is 0.0701 e. The molecule has 0 spiro atoms. The fourth-order valence-corrected chi connectivity index (χ4v) is 3.38. The Labute approximate surface area is 232 Å². The van der Waals surface area contributed by atoms with E-state index in [0.29, 0.717) is 0 Å². The second kappa shape index (κ2) is 15.7. The molecule has 0 aliphatic rings. The molecule has 4 heteroatoms. The van der Waals surface area contributed by atoms with Crippen LogP contribution in [0.2, 0.25) is 0 Å². The van der Waals surface area contributed by atoms with E-state index in [2.05, 4.69) is 45.4 Å². The van der Waals surface area contributed by atoms with Crippen molar-refractivity contribution in [2.45, 2.75) is 0 Å². The maximum atomic E-state index is 4.25. The first kappa shape index (κ1) is 27.3. The van der Waals surface area contributed by atoms with Crippen molar-refractivity contribution >= 4 is 0 Å². The second-order valence-corrected chi connectivity index (χ2v) is 7.68. The van der Waals surface area contributed by atoms with Gasteiger partial charge in [0.2, 0.25) is 0 Å². The van der Waals surface area contributed by atoms with Crippen LogP contribution >= 0.6 is 0 Å². The minimum absolute atomic E-state index is 0. The fraction of sp³-hybridized carbons (Fsp3) is 0. The molecular formula is C33H26IrN3-. The molecule has 0 fully saturated rings. The van der Waals surface area contributed by atoms with E-state index in [1.807, 2.05) is 128 Å². The standard InChI is InChI=1S/2C11H9N.C11H8N.Ir/c3*1-2-6-10(7-3-1)11-8-4-5-9-12-11;/h2*1-9H;1-8H;/q;;-1;. The van der Waals surface area contributed by atoms with Crippen LogP contribution in [-0.2, 0) is 20.1 Å². The minimum Gasteiger partial charge on any atom is -0.386 e. The maximum Gasteiger partial charge on any atom is 0.0701 e. The van der Waals surface area contributed by atoms with Crippen LogP contribution < -0.4 is 0 Å². The fourth-order valence-electron chi connectivity index (χ4n) is 3.38. The van der Waals surface area contributed by atoms with Crippen molar-refractivity contribution in [3.63, 3.8) is 0 Å². The molecule has 37 heavy (non-hydrogen) atoms. The molecule has 0 aliphatic carbocycles. The average Bonchev–Trinajstić information content (AvgIpc) is 3.01. The van der Waals surface area contributed by atoms with Crippen molar-refractivity contribution in [2.24, 2.45) is 0 Å². The Morgan fingerprint density at radius 2 is 0.757 bits per heavy atom. The first-order chi connectivity index (χ1) is 17.9. The van der Waals surface area contributed by atoms with Crippen molar-refractivity contribution in [1.82, 2.24) is 15.0 Å². The Kier molecular flexibility index (Phi) is 11.6. The van der Waals surface area contributed by atoms with Crippen LogP contribution in [0.1, 0.15) is 0 Å². The van der Waals surface area contributed by atoms with Gasteiger partial charge in [0.05, 0.1) is 11.4 Å². The molecule has 1 radical (unpaired) electrons. The predicted molar refractivity (Wildman–Crippen MR) is 148 cm³/mol. The first-order valence-corrected chi connectivity index (χ1v) is 11.7. The maximum absolute atomic E-state index is 4.25. The largest absolute Gasteiger partial charge is 0.386 e. The minimum atomic E-state index is 0. The zero-order chi connectivity index (χ0) is 24.7. The van der Waals surface area contributed by atoms with Crippen LogP contribution in [0, 0.1) is 6.20 Å². The van der Waals surface area contributed by atoms with Gasteiger partial charge in [0, 0.05) is 43.6 Å². The molecule has 0 amide bonds. The van der Waals surface area contributed by atoms with Crippen molar-refractivity contribution in [3.05, 3.63) is 164 Å². The quantitative estimate of drug-likeness (QED) is 0.181. The Morgan fingerprint density at radius 3 is 1.11 bits per heavy atom. The first-order valence-electron chi connectivity index (χ1n) is 11.7. The summed E-state index contributed by atoms with van der Waals surface area (Å²) in [7, 11) is 0. The molecular weight excluding hydrogens is 631 g/mol. The van der Waals surface area contributed by atoms with Gasteiger partial charge in [-0.25, -0.2) is 0 Å². The van der Waals surface area contributed by atoms with Crippen molar-refractivity contribution in [3.8, 4) is 33.8 Å². The van der Waals surface area contributed by atoms with Crippen LogP contribution in [0.15, 0.2) is 158 Å². The average molecular weight is 657 g/mol. The molecule has 3 heterocycles. The van der Waals surface area contributed by atoms with Gasteiger partial charge in [-0.3, -0.25) is 9.97 Å². The second-order valence-electron chi connectivity index (χ2n) is 7.68. The number of hydrogen-bond acceptors (Lipinski definition) is 3. The zero-order valence-corrected chi connectivity index (χ0v) is 22.6. The molecule has 6 aromatic rings. The SMILES string of the molecule is [Ir].[c-]1cccc(-c2ccccc2)n1.c1ccc(-c2ccccn2)cc1.c1ccc(-c2ccccn2)cc1. The normalized spacial score (nSPS) is 9.41. The van der Waals surface area contributed by atoms with Gasteiger partial charge in [-0.05, 0) is 30.0 Å². The monoisotopic (exact) mass is 657 g/mol. The van der Waals surface area contributed by atoms with E-state index >= 15 is 0 Å². The summed E-state index contributed by atoms with van der Waals surface area (Å²) in [4.78, 5) is 12.6. The van der Waals surface area contributed by atoms with E-state index in [-0.39, 0.29) is 20.1 Å². The van der Waals surface area contributed by atoms with Gasteiger partial charge in [0.1, 0.15) is 0 Å². The summed E-state index contributed by atoms with van der Waals surface area (Å²) in [6.07, 6.45) is 6.43. The number of rotatable bonds is 3. The van der Waals surface area contributed by atoms with E-state index in [1.165, 1.54) is 0 Å². The van der Waals surface area contributed by atoms with Crippen LogP contribution in [0.5, 0.6) is 0 Å². The molecule has 3 aromatic heterocycles. The molecule has 0 atom stereocenters. The molecule has 3 aromatic carbocycles. The Hall–Kier alpha value is -4.24. The molecule has 0 aliphatic heterocycles. The summed E-state index contributed by atoms with van der Waals surface area (Å²) in [5.74, 6) is 0. The Bertz CT molecular complexity index is 1090. The zero-order valence-electron chi connectivity index (χ0n) is 20.2. The van der Waals surface area contributed by atoms with Crippen molar-refractivity contribution in [2.75, 3.05) is 0 Å². The number of pyridine rings is 3. The summed E-state index contributed by atoms with van der Waals surface area (Å²) in [6, 6.07) is 48.0. The van der Waals surface area contributed by atoms with Gasteiger partial charge in [0.15, 0.2) is 0 Å². The van der Waals surface area contributed by atoms with Crippen LogP contribution in [0.3, 0.4) is 0 Å². The predicted octanol–water partition coefficient (Wildman–Crippen LogP) is 8.04. The van der Waals surface area contributed by atoms with E-state index in [9.17, 15) is 0 Å². The Morgan fingerprint density at radius 1 is 0.378 bits per heavy atom. The van der Waals surface area contributed by atoms with Gasteiger partial charge in [-0.2, -0.15) is 12.1 Å². The van der Waals surface area contributed by atoms with E-state index in [0.717, 1.165) is 33.8 Å². The number of nitrogens with zero attached hydrogens (tertiary/aromatic N) is 3. The molecule has 0 saturated heterocycles. The van der Waals surface area contributed by atoms with Gasteiger partial charge in [-0.1, -0.05) is 115 Å². The third-order valence-corrected chi connectivity index (χ3v) is 5.15. The van der Waals surface area contributed by atoms with Gasteiger partial charge < -0.3 is 4.98 Å². The number of hydrogen-bond donors (Lipinski definition) is 0. The third-order valence-electron chi connectivity index (χ3n) is 5.15. The van der Waals surface area contributed by atoms with Crippen LogP contribution in [0.4, 0.5) is 0 Å². The van der Waals surface area contributed by atoms with E-state index in [4.69, 9.17) is 0 Å². The van der Waals surface area contributed by atoms with Gasteiger partial charge in [0.25, 0.3) is 0 Å². The summed E-state index contributed by atoms with van der Waals surface area (Å²) < 4.78 is 0. The van der Waals surface area contributed by atoms with Crippen LogP contribution in [-0.4, -0.2) is 15.0 Å². The van der Waals surface area contributed by atoms with Crippen molar-refractivity contribution in [1.29, 1.82) is 0 Å². The van der Waals surface area contributed by atoms with Gasteiger partial charge in [-0.15, -0.1) is 6.07 Å². The number of benzene rings is 3. The third kappa shape index (κ3) is 9.05. The van der Waals surface area contributed by atoms with Gasteiger partial charge >= 0.3 is 0 Å². The van der Waals surface area contributed by atoms with Crippen LogP contribution in [0.25, 0.3) is 33.8 Å². The van der Waals surface area contributed by atoms with E-state index in [1.54, 1.807) is 6.07 Å². The van der Waals surface area contributed by atoms with Crippen molar-refractivity contribution < 1.29 is 20.1 Å². The molecule has 0 bridgehead atoms. The summed E-state index contributed by atoms with van der Waals surface area (Å²) >= 11 is 0. The summed E-state index contributed by atoms with van der Waals surface area (Å²) in [5.41, 5.74) is 6.49. The molecule has 0 saturated carbocycles. The summed E-state index contributed by atoms with van der Waals surface area (Å²) in [5, 5.41) is 0. The Balaban J connectivity index is 0.000000152.